The summed E-state index contributed by atoms with van der Waals surface area (Å²) in [6, 6.07) is 17.4. The number of aryl methyl sites for hydroxylation is 1. The molecule has 0 spiro atoms. The van der Waals surface area contributed by atoms with Gasteiger partial charge in [0.25, 0.3) is 5.91 Å². The molecule has 0 aliphatic carbocycles. The molecule has 1 aliphatic heterocycles. The molecular formula is C23H24N2O2S2. The molecule has 1 saturated heterocycles. The third-order valence-corrected chi connectivity index (χ3v) is 6.07. The van der Waals surface area contributed by atoms with Crippen molar-refractivity contribution in [2.45, 2.75) is 32.6 Å². The van der Waals surface area contributed by atoms with E-state index in [1.807, 2.05) is 67.6 Å². The molecule has 2 aromatic carbocycles. The van der Waals surface area contributed by atoms with Crippen molar-refractivity contribution in [1.82, 2.24) is 4.90 Å². The number of benzene rings is 2. The predicted molar refractivity (Wildman–Crippen MR) is 125 cm³/mol. The number of unbranched alkanes of at least 4 members (excludes halogenated alkanes) is 2. The Kier molecular flexibility index (Phi) is 7.61. The Morgan fingerprint density at radius 1 is 1.07 bits per heavy atom. The van der Waals surface area contributed by atoms with Gasteiger partial charge in [-0.25, -0.2) is 0 Å². The van der Waals surface area contributed by atoms with E-state index in [-0.39, 0.29) is 11.8 Å². The molecule has 2 aromatic rings. The average molecular weight is 425 g/mol. The number of thiocarbonyl (C=S) groups is 1. The number of hydrogen-bond acceptors (Lipinski definition) is 4. The summed E-state index contributed by atoms with van der Waals surface area (Å²) >= 11 is 6.76. The van der Waals surface area contributed by atoms with Crippen LogP contribution in [-0.2, 0) is 9.59 Å². The Labute approximate surface area is 181 Å². The third kappa shape index (κ3) is 6.02. The molecule has 1 N–H and O–H groups in total. The standard InChI is InChI=1S/C23H24N2O2S2/c1-17-10-7-8-11-18(17)16-20-22(27)25(23(28)29-20)15-9-3-6-14-21(26)24-19-12-4-2-5-13-19/h2,4-5,7-8,10-13,16H,3,6,9,14-15H2,1H3,(H,24,26)/b20-16-. The van der Waals surface area contributed by atoms with Crippen molar-refractivity contribution in [2.24, 2.45) is 0 Å². The van der Waals surface area contributed by atoms with Crippen LogP contribution in [0.15, 0.2) is 59.5 Å². The van der Waals surface area contributed by atoms with Crippen LogP contribution in [0, 0.1) is 6.92 Å². The molecule has 2 amide bonds. The number of rotatable bonds is 8. The topological polar surface area (TPSA) is 49.4 Å². The van der Waals surface area contributed by atoms with E-state index in [4.69, 9.17) is 12.2 Å². The minimum atomic E-state index is -0.0231. The maximum atomic E-state index is 12.7. The molecule has 0 atom stereocenters. The first-order chi connectivity index (χ1) is 14.0. The van der Waals surface area contributed by atoms with Crippen molar-refractivity contribution < 1.29 is 9.59 Å². The maximum absolute atomic E-state index is 12.7. The molecule has 3 rings (SSSR count). The molecule has 6 heteroatoms. The minimum Gasteiger partial charge on any atom is -0.326 e. The van der Waals surface area contributed by atoms with E-state index in [0.29, 0.717) is 22.2 Å². The summed E-state index contributed by atoms with van der Waals surface area (Å²) in [7, 11) is 0. The lowest BCUT2D eigenvalue weighted by Gasteiger charge is -2.14. The lowest BCUT2D eigenvalue weighted by molar-refractivity contribution is -0.122. The molecule has 0 unspecified atom stereocenters. The Hall–Kier alpha value is -2.44. The Morgan fingerprint density at radius 2 is 1.79 bits per heavy atom. The maximum Gasteiger partial charge on any atom is 0.266 e. The molecule has 0 bridgehead atoms. The fraction of sp³-hybridized carbons (Fsp3) is 0.261. The molecule has 150 valence electrons. The number of amides is 2. The van der Waals surface area contributed by atoms with Gasteiger partial charge in [0.15, 0.2) is 0 Å². The van der Waals surface area contributed by atoms with E-state index >= 15 is 0 Å². The number of hydrogen-bond donors (Lipinski definition) is 1. The second kappa shape index (κ2) is 10.4. The van der Waals surface area contributed by atoms with Crippen LogP contribution < -0.4 is 5.32 Å². The van der Waals surface area contributed by atoms with Crippen LogP contribution in [0.4, 0.5) is 5.69 Å². The van der Waals surface area contributed by atoms with Crippen molar-refractivity contribution in [2.75, 3.05) is 11.9 Å². The summed E-state index contributed by atoms with van der Waals surface area (Å²) in [4.78, 5) is 27.0. The second-order valence-electron chi connectivity index (χ2n) is 6.91. The highest BCUT2D eigenvalue weighted by Gasteiger charge is 2.31. The lowest BCUT2D eigenvalue weighted by atomic mass is 10.1. The van der Waals surface area contributed by atoms with Crippen LogP contribution in [0.1, 0.15) is 36.8 Å². The highest BCUT2D eigenvalue weighted by molar-refractivity contribution is 8.26. The predicted octanol–water partition coefficient (Wildman–Crippen LogP) is 5.40. The van der Waals surface area contributed by atoms with Crippen molar-refractivity contribution in [3.05, 3.63) is 70.6 Å². The van der Waals surface area contributed by atoms with Crippen LogP contribution >= 0.6 is 24.0 Å². The van der Waals surface area contributed by atoms with E-state index < -0.39 is 0 Å². The van der Waals surface area contributed by atoms with Crippen molar-refractivity contribution in [3.63, 3.8) is 0 Å². The lowest BCUT2D eigenvalue weighted by Crippen LogP contribution is -2.29. The average Bonchev–Trinajstić information content (AvgIpc) is 2.97. The van der Waals surface area contributed by atoms with Gasteiger partial charge in [0.1, 0.15) is 4.32 Å². The zero-order chi connectivity index (χ0) is 20.6. The van der Waals surface area contributed by atoms with E-state index in [1.165, 1.54) is 11.8 Å². The van der Waals surface area contributed by atoms with Gasteiger partial charge in [0.2, 0.25) is 5.91 Å². The fourth-order valence-corrected chi connectivity index (χ4v) is 4.36. The number of para-hydroxylation sites is 1. The van der Waals surface area contributed by atoms with E-state index in [1.54, 1.807) is 4.90 Å². The number of carbonyl (C=O) groups is 2. The zero-order valence-electron chi connectivity index (χ0n) is 16.4. The van der Waals surface area contributed by atoms with Gasteiger partial charge in [-0.1, -0.05) is 72.9 Å². The molecule has 29 heavy (non-hydrogen) atoms. The molecule has 4 nitrogen and oxygen atoms in total. The van der Waals surface area contributed by atoms with Crippen LogP contribution in [0.5, 0.6) is 0 Å². The number of nitrogens with zero attached hydrogens (tertiary/aromatic N) is 1. The Morgan fingerprint density at radius 3 is 2.55 bits per heavy atom. The second-order valence-corrected chi connectivity index (χ2v) is 8.59. The molecule has 0 radical (unpaired) electrons. The highest BCUT2D eigenvalue weighted by atomic mass is 32.2. The fourth-order valence-electron chi connectivity index (χ4n) is 3.06. The van der Waals surface area contributed by atoms with Crippen LogP contribution in [0.2, 0.25) is 0 Å². The molecule has 1 fully saturated rings. The van der Waals surface area contributed by atoms with Crippen molar-refractivity contribution >= 4 is 51.9 Å². The van der Waals surface area contributed by atoms with Gasteiger partial charge < -0.3 is 5.32 Å². The smallest absolute Gasteiger partial charge is 0.266 e. The van der Waals surface area contributed by atoms with Gasteiger partial charge in [0, 0.05) is 18.7 Å². The van der Waals surface area contributed by atoms with E-state index in [0.717, 1.165) is 36.1 Å². The quantitative estimate of drug-likeness (QED) is 0.350. The molecule has 1 aliphatic rings. The first-order valence-corrected chi connectivity index (χ1v) is 10.9. The van der Waals surface area contributed by atoms with Gasteiger partial charge in [-0.2, -0.15) is 0 Å². The number of anilines is 1. The van der Waals surface area contributed by atoms with Gasteiger partial charge in [-0.05, 0) is 49.1 Å². The largest absolute Gasteiger partial charge is 0.326 e. The minimum absolute atomic E-state index is 0.0166. The summed E-state index contributed by atoms with van der Waals surface area (Å²) in [6.07, 6.45) is 4.87. The molecule has 1 heterocycles. The monoisotopic (exact) mass is 424 g/mol. The SMILES string of the molecule is Cc1ccccc1/C=C1\SC(=S)N(CCCCCC(=O)Nc2ccccc2)C1=O. The zero-order valence-corrected chi connectivity index (χ0v) is 18.0. The first kappa shape index (κ1) is 21.3. The summed E-state index contributed by atoms with van der Waals surface area (Å²) < 4.78 is 0.608. The van der Waals surface area contributed by atoms with Crippen molar-refractivity contribution in [1.29, 1.82) is 0 Å². The van der Waals surface area contributed by atoms with Gasteiger partial charge >= 0.3 is 0 Å². The summed E-state index contributed by atoms with van der Waals surface area (Å²) in [6.45, 7) is 2.62. The van der Waals surface area contributed by atoms with Gasteiger partial charge in [0.05, 0.1) is 4.91 Å². The Bertz CT molecular complexity index is 925. The molecule has 0 saturated carbocycles. The van der Waals surface area contributed by atoms with Crippen LogP contribution in [-0.4, -0.2) is 27.6 Å². The van der Waals surface area contributed by atoms with Crippen molar-refractivity contribution in [3.8, 4) is 0 Å². The Balaban J connectivity index is 1.43. The normalized spacial score (nSPS) is 15.2. The van der Waals surface area contributed by atoms with E-state index in [2.05, 4.69) is 5.32 Å². The molecule has 0 aromatic heterocycles. The highest BCUT2D eigenvalue weighted by Crippen LogP contribution is 2.33. The summed E-state index contributed by atoms with van der Waals surface area (Å²) in [5.41, 5.74) is 2.99. The first-order valence-electron chi connectivity index (χ1n) is 9.70. The van der Waals surface area contributed by atoms with E-state index in [9.17, 15) is 9.59 Å². The van der Waals surface area contributed by atoms with Crippen LogP contribution in [0.25, 0.3) is 6.08 Å². The van der Waals surface area contributed by atoms with Crippen LogP contribution in [0.3, 0.4) is 0 Å². The third-order valence-electron chi connectivity index (χ3n) is 4.69. The number of nitrogens with one attached hydrogen (secondary N) is 1. The van der Waals surface area contributed by atoms with Gasteiger partial charge in [-0.15, -0.1) is 0 Å². The number of thioether (sulfide) groups is 1. The number of carbonyl (C=O) groups excluding carboxylic acids is 2. The summed E-state index contributed by atoms with van der Waals surface area (Å²) in [5, 5.41) is 2.89. The molecular weight excluding hydrogens is 400 g/mol. The van der Waals surface area contributed by atoms with Gasteiger partial charge in [-0.3, -0.25) is 14.5 Å². The summed E-state index contributed by atoms with van der Waals surface area (Å²) in [5.74, 6) is -0.00644.